The molecule has 90 valence electrons. The average molecular weight is 229 g/mol. The highest BCUT2D eigenvalue weighted by Gasteiger charge is 2.16. The van der Waals surface area contributed by atoms with E-state index < -0.39 is 0 Å². The van der Waals surface area contributed by atoms with Crippen LogP contribution in [0.5, 0.6) is 0 Å². The van der Waals surface area contributed by atoms with Crippen LogP contribution in [0.3, 0.4) is 0 Å². The summed E-state index contributed by atoms with van der Waals surface area (Å²) in [6, 6.07) is 1.85. The largest absolute Gasteiger partial charge is 0.289 e. The minimum absolute atomic E-state index is 0.214. The van der Waals surface area contributed by atoms with Crippen molar-refractivity contribution in [3.8, 4) is 0 Å². The van der Waals surface area contributed by atoms with Crippen molar-refractivity contribution < 1.29 is 4.79 Å². The van der Waals surface area contributed by atoms with Crippen LogP contribution in [-0.4, -0.2) is 10.8 Å². The quantitative estimate of drug-likeness (QED) is 0.739. The fourth-order valence-corrected chi connectivity index (χ4v) is 2.32. The van der Waals surface area contributed by atoms with Gasteiger partial charge < -0.3 is 0 Å². The molecule has 0 N–H and O–H groups in total. The number of nitrogens with zero attached hydrogens (tertiary/aromatic N) is 1. The van der Waals surface area contributed by atoms with E-state index in [0.29, 0.717) is 0 Å². The first kappa shape index (κ1) is 12.0. The number of aromatic nitrogens is 1. The van der Waals surface area contributed by atoms with E-state index in [0.717, 1.165) is 42.4 Å². The maximum atomic E-state index is 12.4. The Bertz CT molecular complexity index is 434. The molecule has 2 rings (SSSR count). The number of rotatable bonds is 3. The zero-order chi connectivity index (χ0) is 12.1. The van der Waals surface area contributed by atoms with Gasteiger partial charge in [0.1, 0.15) is 0 Å². The monoisotopic (exact) mass is 229 g/mol. The van der Waals surface area contributed by atoms with Crippen molar-refractivity contribution in [1.82, 2.24) is 4.98 Å². The number of ketones is 1. The minimum atomic E-state index is 0.214. The van der Waals surface area contributed by atoms with Gasteiger partial charge in [0.15, 0.2) is 5.78 Å². The molecule has 2 nitrogen and oxygen atoms in total. The second kappa shape index (κ2) is 5.76. The summed E-state index contributed by atoms with van der Waals surface area (Å²) in [7, 11) is 0. The second-order valence-electron chi connectivity index (χ2n) is 4.54. The van der Waals surface area contributed by atoms with Gasteiger partial charge in [-0.15, -0.1) is 0 Å². The highest BCUT2D eigenvalue weighted by Crippen LogP contribution is 2.22. The molecule has 17 heavy (non-hydrogen) atoms. The van der Waals surface area contributed by atoms with Crippen LogP contribution in [0, 0.1) is 0 Å². The van der Waals surface area contributed by atoms with Gasteiger partial charge in [0.05, 0.1) is 0 Å². The predicted molar refractivity (Wildman–Crippen MR) is 69.1 cm³/mol. The van der Waals surface area contributed by atoms with Crippen LogP contribution >= 0.6 is 0 Å². The van der Waals surface area contributed by atoms with Gasteiger partial charge >= 0.3 is 0 Å². The summed E-state index contributed by atoms with van der Waals surface area (Å²) in [5.41, 5.74) is 2.90. The maximum Gasteiger partial charge on any atom is 0.189 e. The molecular formula is C15H19NO. The summed E-state index contributed by atoms with van der Waals surface area (Å²) in [5, 5.41) is 0. The van der Waals surface area contributed by atoms with E-state index in [4.69, 9.17) is 0 Å². The first-order chi connectivity index (χ1) is 8.33. The summed E-state index contributed by atoms with van der Waals surface area (Å²) in [4.78, 5) is 16.5. The van der Waals surface area contributed by atoms with Crippen molar-refractivity contribution >= 4 is 5.78 Å². The zero-order valence-electron chi connectivity index (χ0n) is 10.4. The SMILES string of the molecule is CCc1cnccc1C(=O)C1=CCCCCC1. The summed E-state index contributed by atoms with van der Waals surface area (Å²) in [6.07, 6.45) is 12.1. The lowest BCUT2D eigenvalue weighted by Gasteiger charge is -2.08. The lowest BCUT2D eigenvalue weighted by atomic mass is 9.96. The van der Waals surface area contributed by atoms with Crippen molar-refractivity contribution in [2.45, 2.75) is 45.4 Å². The number of allylic oxidation sites excluding steroid dienone is 2. The Hall–Kier alpha value is -1.44. The van der Waals surface area contributed by atoms with Crippen LogP contribution in [0.25, 0.3) is 0 Å². The van der Waals surface area contributed by atoms with Crippen LogP contribution in [-0.2, 0) is 6.42 Å². The Morgan fingerprint density at radius 2 is 2.24 bits per heavy atom. The summed E-state index contributed by atoms with van der Waals surface area (Å²) < 4.78 is 0. The molecule has 1 aromatic heterocycles. The lowest BCUT2D eigenvalue weighted by molar-refractivity contribution is 0.102. The molecule has 0 radical (unpaired) electrons. The van der Waals surface area contributed by atoms with E-state index in [2.05, 4.69) is 18.0 Å². The Morgan fingerprint density at radius 3 is 3.06 bits per heavy atom. The van der Waals surface area contributed by atoms with Gasteiger partial charge in [0.25, 0.3) is 0 Å². The number of hydrogen-bond acceptors (Lipinski definition) is 2. The van der Waals surface area contributed by atoms with Gasteiger partial charge in [0, 0.05) is 18.0 Å². The molecule has 0 atom stereocenters. The average Bonchev–Trinajstić information content (AvgIpc) is 2.66. The van der Waals surface area contributed by atoms with E-state index in [1.807, 2.05) is 12.3 Å². The molecule has 0 unspecified atom stereocenters. The third kappa shape index (κ3) is 2.82. The summed E-state index contributed by atoms with van der Waals surface area (Å²) >= 11 is 0. The molecule has 1 aliphatic carbocycles. The van der Waals surface area contributed by atoms with Gasteiger partial charge in [-0.2, -0.15) is 0 Å². The molecule has 1 aromatic rings. The van der Waals surface area contributed by atoms with Crippen LogP contribution in [0.1, 0.15) is 54.9 Å². The first-order valence-corrected chi connectivity index (χ1v) is 6.49. The molecule has 1 heterocycles. The molecule has 0 aliphatic heterocycles. The third-order valence-electron chi connectivity index (χ3n) is 3.36. The normalized spacial score (nSPS) is 16.2. The molecule has 2 heteroatoms. The minimum Gasteiger partial charge on any atom is -0.289 e. The standard InChI is InChI=1S/C15H19NO/c1-2-12-11-16-10-9-14(12)15(17)13-7-5-3-4-6-8-13/h7,9-11H,2-6,8H2,1H3. The van der Waals surface area contributed by atoms with E-state index in [1.165, 1.54) is 12.8 Å². The van der Waals surface area contributed by atoms with Crippen molar-refractivity contribution in [3.63, 3.8) is 0 Å². The van der Waals surface area contributed by atoms with E-state index in [9.17, 15) is 4.79 Å². The number of hydrogen-bond donors (Lipinski definition) is 0. The van der Waals surface area contributed by atoms with Crippen LogP contribution in [0.15, 0.2) is 30.1 Å². The Morgan fingerprint density at radius 1 is 1.35 bits per heavy atom. The van der Waals surface area contributed by atoms with E-state index in [-0.39, 0.29) is 5.78 Å². The van der Waals surface area contributed by atoms with E-state index in [1.54, 1.807) is 6.20 Å². The molecule has 0 amide bonds. The van der Waals surface area contributed by atoms with Crippen LogP contribution in [0.2, 0.25) is 0 Å². The molecule has 0 saturated heterocycles. The van der Waals surface area contributed by atoms with Crippen molar-refractivity contribution in [3.05, 3.63) is 41.2 Å². The molecular weight excluding hydrogens is 210 g/mol. The Labute approximate surface area is 103 Å². The molecule has 0 aromatic carbocycles. The number of Topliss-reactive ketones (excluding diaryl/α,β-unsaturated/α-hetero) is 1. The Balaban J connectivity index is 2.26. The fourth-order valence-electron chi connectivity index (χ4n) is 2.32. The first-order valence-electron chi connectivity index (χ1n) is 6.49. The second-order valence-corrected chi connectivity index (χ2v) is 4.54. The highest BCUT2D eigenvalue weighted by molar-refractivity contribution is 6.09. The fraction of sp³-hybridized carbons (Fsp3) is 0.467. The van der Waals surface area contributed by atoms with Crippen LogP contribution in [0.4, 0.5) is 0 Å². The number of pyridine rings is 1. The summed E-state index contributed by atoms with van der Waals surface area (Å²) in [5.74, 6) is 0.214. The molecule has 0 saturated carbocycles. The highest BCUT2D eigenvalue weighted by atomic mass is 16.1. The Kier molecular flexibility index (Phi) is 4.08. The predicted octanol–water partition coefficient (Wildman–Crippen LogP) is 3.72. The van der Waals surface area contributed by atoms with E-state index >= 15 is 0 Å². The van der Waals surface area contributed by atoms with Gasteiger partial charge in [0.2, 0.25) is 0 Å². The van der Waals surface area contributed by atoms with Gasteiger partial charge in [-0.3, -0.25) is 9.78 Å². The lowest BCUT2D eigenvalue weighted by Crippen LogP contribution is -2.07. The van der Waals surface area contributed by atoms with Crippen molar-refractivity contribution in [1.29, 1.82) is 0 Å². The number of aryl methyl sites for hydroxylation is 1. The topological polar surface area (TPSA) is 30.0 Å². The van der Waals surface area contributed by atoms with Crippen LogP contribution < -0.4 is 0 Å². The third-order valence-corrected chi connectivity index (χ3v) is 3.36. The van der Waals surface area contributed by atoms with Gasteiger partial charge in [-0.05, 0) is 49.3 Å². The summed E-state index contributed by atoms with van der Waals surface area (Å²) in [6.45, 7) is 2.06. The van der Waals surface area contributed by atoms with Crippen molar-refractivity contribution in [2.24, 2.45) is 0 Å². The number of carbonyl (C=O) groups is 1. The van der Waals surface area contributed by atoms with Gasteiger partial charge in [-0.25, -0.2) is 0 Å². The smallest absolute Gasteiger partial charge is 0.189 e. The maximum absolute atomic E-state index is 12.4. The van der Waals surface area contributed by atoms with Gasteiger partial charge in [-0.1, -0.05) is 19.4 Å². The number of carbonyl (C=O) groups excluding carboxylic acids is 1. The molecule has 0 fully saturated rings. The molecule has 0 bridgehead atoms. The molecule has 1 aliphatic rings. The van der Waals surface area contributed by atoms with Crippen molar-refractivity contribution in [2.75, 3.05) is 0 Å². The zero-order valence-corrected chi connectivity index (χ0v) is 10.4. The molecule has 0 spiro atoms.